The van der Waals surface area contributed by atoms with Crippen molar-refractivity contribution < 1.29 is 132 Å². The smallest absolute Gasteiger partial charge is 0.460 e. The fourth-order valence-corrected chi connectivity index (χ4v) is 3.01. The molecular formula is C18HF29O. The van der Waals surface area contributed by atoms with Crippen molar-refractivity contribution in [2.24, 2.45) is 0 Å². The summed E-state index contributed by atoms with van der Waals surface area (Å²) in [6.07, 6.45) is -8.29. The topological polar surface area (TPSA) is 20.2 Å². The molecule has 0 saturated heterocycles. The van der Waals surface area contributed by atoms with E-state index in [0.717, 1.165) is 0 Å². The van der Waals surface area contributed by atoms with Gasteiger partial charge in [-0.25, -0.2) is 8.78 Å². The lowest BCUT2D eigenvalue weighted by Gasteiger charge is -2.45. The van der Waals surface area contributed by atoms with Crippen molar-refractivity contribution in [2.75, 3.05) is 0 Å². The molecule has 0 aliphatic rings. The number of phenols is 1. The Morgan fingerprint density at radius 1 is 0.271 bits per heavy atom. The molecule has 0 aliphatic heterocycles. The summed E-state index contributed by atoms with van der Waals surface area (Å²) in [4.78, 5) is 0. The van der Waals surface area contributed by atoms with Crippen LogP contribution in [0.5, 0.6) is 5.75 Å². The first-order chi connectivity index (χ1) is 20.4. The van der Waals surface area contributed by atoms with Gasteiger partial charge in [0.2, 0.25) is 11.6 Å². The van der Waals surface area contributed by atoms with Gasteiger partial charge in [0.05, 0.1) is 0 Å². The van der Waals surface area contributed by atoms with E-state index in [1.54, 1.807) is 0 Å². The number of phenolic OH excluding ortho intramolecular Hbond substituents is 1. The molecule has 1 aromatic carbocycles. The summed E-state index contributed by atoms with van der Waals surface area (Å²) in [7, 11) is 0. The van der Waals surface area contributed by atoms with Gasteiger partial charge in [-0.2, -0.15) is 119 Å². The minimum Gasteiger partial charge on any atom is -0.503 e. The third-order valence-electron chi connectivity index (χ3n) is 5.85. The second-order valence-corrected chi connectivity index (χ2v) is 8.80. The number of halogens is 29. The van der Waals surface area contributed by atoms with Crippen LogP contribution in [0, 0.1) is 23.3 Å². The van der Waals surface area contributed by atoms with Gasteiger partial charge in [0.15, 0.2) is 17.4 Å². The van der Waals surface area contributed by atoms with E-state index in [2.05, 4.69) is 0 Å². The Hall–Kier alpha value is -3.01. The molecule has 0 aromatic heterocycles. The summed E-state index contributed by atoms with van der Waals surface area (Å²) in [5, 5.41) is 8.54. The van der Waals surface area contributed by atoms with E-state index in [4.69, 9.17) is 5.11 Å². The van der Waals surface area contributed by atoms with Crippen molar-refractivity contribution in [3.8, 4) is 5.75 Å². The first-order valence-corrected chi connectivity index (χ1v) is 10.2. The third kappa shape index (κ3) is 4.78. The molecule has 0 spiro atoms. The SMILES string of the molecule is Oc1c(F)c(F)c(C(F)(F)C(F)(F)C(F)(F)C(F)(F)C(F)(F)C(F)(F)C(F)(F)C(F)(F)C(F)(F)C(F)(F)C(F)(F)C(F)(F)F)c(F)c1F. The summed E-state index contributed by atoms with van der Waals surface area (Å²) in [6, 6.07) is 0. The highest BCUT2D eigenvalue weighted by molar-refractivity contribution is 5.37. The maximum absolute atomic E-state index is 14.1. The molecule has 30 heteroatoms. The number of benzene rings is 1. The number of alkyl halides is 25. The monoisotopic (exact) mass is 784 g/mol. The summed E-state index contributed by atoms with van der Waals surface area (Å²) in [5.41, 5.74) is -4.63. The van der Waals surface area contributed by atoms with Crippen molar-refractivity contribution in [3.63, 3.8) is 0 Å². The minimum atomic E-state index is -9.89. The van der Waals surface area contributed by atoms with Crippen LogP contribution >= 0.6 is 0 Å². The van der Waals surface area contributed by atoms with Crippen LogP contribution in [0.15, 0.2) is 0 Å². The molecule has 0 bridgehead atoms. The fraction of sp³-hybridized carbons (Fsp3) is 0.667. The second kappa shape index (κ2) is 10.7. The summed E-state index contributed by atoms with van der Waals surface area (Å²) in [5.74, 6) is -122. The number of aromatic hydroxyl groups is 1. The molecule has 0 atom stereocenters. The number of rotatable bonds is 11. The Bertz CT molecular complexity index is 1370. The standard InChI is InChI=1S/C18HF29O/c19-2-1(3(20)5(22)6(48)4(2)21)7(23,24)8(25,26)9(27,28)10(29,30)11(31,32)12(33,34)13(35,36)14(37,38)15(39,40)16(41,42)17(43,44)18(45,46)47/h48H. The molecule has 1 N–H and O–H groups in total. The van der Waals surface area contributed by atoms with E-state index in [1.807, 2.05) is 0 Å². The van der Waals surface area contributed by atoms with Crippen LogP contribution in [0.4, 0.5) is 127 Å². The van der Waals surface area contributed by atoms with Crippen molar-refractivity contribution in [2.45, 2.75) is 71.3 Å². The van der Waals surface area contributed by atoms with Crippen LogP contribution in [0.2, 0.25) is 0 Å². The van der Waals surface area contributed by atoms with E-state index in [0.29, 0.717) is 0 Å². The van der Waals surface area contributed by atoms with Crippen LogP contribution < -0.4 is 0 Å². The van der Waals surface area contributed by atoms with Gasteiger partial charge in [-0.3, -0.25) is 0 Å². The lowest BCUT2D eigenvalue weighted by molar-refractivity contribution is -0.482. The zero-order valence-corrected chi connectivity index (χ0v) is 20.4. The predicted molar refractivity (Wildman–Crippen MR) is 87.4 cm³/mol. The molecule has 0 saturated carbocycles. The molecule has 0 radical (unpaired) electrons. The molecule has 0 aliphatic carbocycles. The third-order valence-corrected chi connectivity index (χ3v) is 5.85. The van der Waals surface area contributed by atoms with Crippen LogP contribution in [0.1, 0.15) is 5.56 Å². The minimum absolute atomic E-state index is 3.14. The fourth-order valence-electron chi connectivity index (χ4n) is 3.01. The molecular weight excluding hydrogens is 783 g/mol. The lowest BCUT2D eigenvalue weighted by Crippen LogP contribution is -2.78. The zero-order chi connectivity index (χ0) is 39.5. The average molecular weight is 784 g/mol. The van der Waals surface area contributed by atoms with Crippen LogP contribution in [-0.4, -0.2) is 70.5 Å². The Balaban J connectivity index is 4.06. The van der Waals surface area contributed by atoms with Crippen LogP contribution in [0.25, 0.3) is 0 Å². The molecule has 0 amide bonds. The quantitative estimate of drug-likeness (QED) is 0.175. The highest BCUT2D eigenvalue weighted by Gasteiger charge is 2.99. The van der Waals surface area contributed by atoms with Gasteiger partial charge in [-0.05, 0) is 0 Å². The number of hydrogen-bond donors (Lipinski definition) is 1. The van der Waals surface area contributed by atoms with E-state index < -0.39 is 106 Å². The van der Waals surface area contributed by atoms with Crippen molar-refractivity contribution in [3.05, 3.63) is 28.8 Å². The molecule has 1 rings (SSSR count). The Labute approximate surface area is 239 Å². The molecule has 282 valence electrons. The average Bonchev–Trinajstić information content (AvgIpc) is 2.88. The van der Waals surface area contributed by atoms with Gasteiger partial charge in [-0.1, -0.05) is 0 Å². The highest BCUT2D eigenvalue weighted by Crippen LogP contribution is 2.68. The lowest BCUT2D eigenvalue weighted by atomic mass is 9.83. The molecule has 0 fully saturated rings. The van der Waals surface area contributed by atoms with E-state index in [9.17, 15) is 127 Å². The van der Waals surface area contributed by atoms with Gasteiger partial charge in [0, 0.05) is 0 Å². The Morgan fingerprint density at radius 2 is 0.458 bits per heavy atom. The van der Waals surface area contributed by atoms with Gasteiger partial charge < -0.3 is 5.11 Å². The normalized spacial score (nSPS) is 16.1. The maximum atomic E-state index is 14.1. The molecule has 1 nitrogen and oxygen atoms in total. The summed E-state index contributed by atoms with van der Waals surface area (Å²) >= 11 is 0. The van der Waals surface area contributed by atoms with Gasteiger partial charge in [0.25, 0.3) is 0 Å². The Kier molecular flexibility index (Phi) is 9.63. The van der Waals surface area contributed by atoms with Crippen LogP contribution in [0.3, 0.4) is 0 Å². The predicted octanol–water partition coefficient (Wildman–Crippen LogP) is 9.96. The van der Waals surface area contributed by atoms with E-state index in [1.165, 1.54) is 0 Å². The maximum Gasteiger partial charge on any atom is 0.460 e. The number of hydrogen-bond acceptors (Lipinski definition) is 1. The largest absolute Gasteiger partial charge is 0.503 e. The molecule has 1 aromatic rings. The highest BCUT2D eigenvalue weighted by atomic mass is 19.4. The summed E-state index contributed by atoms with van der Waals surface area (Å²) in [6.45, 7) is 0. The second-order valence-electron chi connectivity index (χ2n) is 8.80. The van der Waals surface area contributed by atoms with Gasteiger partial charge >= 0.3 is 71.3 Å². The molecule has 48 heavy (non-hydrogen) atoms. The van der Waals surface area contributed by atoms with E-state index >= 15 is 0 Å². The van der Waals surface area contributed by atoms with Gasteiger partial charge in [0.1, 0.15) is 5.56 Å². The van der Waals surface area contributed by atoms with Crippen molar-refractivity contribution in [1.29, 1.82) is 0 Å². The van der Waals surface area contributed by atoms with Crippen LogP contribution in [-0.2, 0) is 5.92 Å². The first-order valence-electron chi connectivity index (χ1n) is 10.2. The van der Waals surface area contributed by atoms with Gasteiger partial charge in [-0.15, -0.1) is 0 Å². The van der Waals surface area contributed by atoms with Crippen molar-refractivity contribution >= 4 is 0 Å². The molecule has 0 unspecified atom stereocenters. The summed E-state index contributed by atoms with van der Waals surface area (Å²) < 4.78 is 390. The zero-order valence-electron chi connectivity index (χ0n) is 20.4. The molecule has 0 heterocycles. The Morgan fingerprint density at radius 3 is 0.667 bits per heavy atom. The van der Waals surface area contributed by atoms with Crippen molar-refractivity contribution in [1.82, 2.24) is 0 Å². The first kappa shape index (κ1) is 43.0. The van der Waals surface area contributed by atoms with E-state index in [-0.39, 0.29) is 0 Å².